The van der Waals surface area contributed by atoms with Crippen LogP contribution >= 0.6 is 0 Å². The van der Waals surface area contributed by atoms with Gasteiger partial charge in [-0.05, 0) is 25.1 Å². The number of fused-ring (bicyclic) bond motifs is 1. The molecular weight excluding hydrogens is 234 g/mol. The van der Waals surface area contributed by atoms with Gasteiger partial charge in [0.1, 0.15) is 17.1 Å². The number of benzene rings is 1. The van der Waals surface area contributed by atoms with Crippen molar-refractivity contribution in [2.24, 2.45) is 0 Å². The third-order valence-electron chi connectivity index (χ3n) is 2.70. The zero-order chi connectivity index (χ0) is 13.1. The lowest BCUT2D eigenvalue weighted by atomic mass is 10.1. The Morgan fingerprint density at radius 3 is 2.94 bits per heavy atom. The maximum absolute atomic E-state index is 12.0. The molecule has 1 aromatic heterocycles. The van der Waals surface area contributed by atoms with Gasteiger partial charge in [0.15, 0.2) is 0 Å². The number of amides is 1. The molecule has 0 aliphatic rings. The highest BCUT2D eigenvalue weighted by molar-refractivity contribution is 6.07. The van der Waals surface area contributed by atoms with Gasteiger partial charge in [-0.3, -0.25) is 4.79 Å². The van der Waals surface area contributed by atoms with Crippen LogP contribution < -0.4 is 10.1 Å². The van der Waals surface area contributed by atoms with Gasteiger partial charge in [-0.2, -0.15) is 0 Å². The molecular formula is C13H15NO4. The summed E-state index contributed by atoms with van der Waals surface area (Å²) in [4.78, 5) is 12.0. The summed E-state index contributed by atoms with van der Waals surface area (Å²) < 4.78 is 10.7. The van der Waals surface area contributed by atoms with E-state index in [1.165, 1.54) is 0 Å². The first-order valence-corrected chi connectivity index (χ1v) is 5.63. The van der Waals surface area contributed by atoms with Crippen molar-refractivity contribution in [3.63, 3.8) is 0 Å². The standard InChI is InChI=1S/C13H15NO4/c1-8-12(13(16)14-5-6-15)10-7-9(17-2)3-4-11(10)18-8/h3-4,7,15H,5-6H2,1-2H3,(H,14,16). The second-order valence-corrected chi connectivity index (χ2v) is 3.87. The Kier molecular flexibility index (Phi) is 3.53. The molecule has 0 unspecified atom stereocenters. The van der Waals surface area contributed by atoms with Crippen LogP contribution in [0, 0.1) is 6.92 Å². The molecule has 0 aliphatic heterocycles. The summed E-state index contributed by atoms with van der Waals surface area (Å²) in [6, 6.07) is 5.31. The summed E-state index contributed by atoms with van der Waals surface area (Å²) in [7, 11) is 1.57. The minimum absolute atomic E-state index is 0.0934. The van der Waals surface area contributed by atoms with Crippen LogP contribution in [0.25, 0.3) is 11.0 Å². The molecule has 0 spiro atoms. The van der Waals surface area contributed by atoms with Crippen LogP contribution in [0.4, 0.5) is 0 Å². The van der Waals surface area contributed by atoms with Crippen LogP contribution in [0.5, 0.6) is 5.75 Å². The van der Waals surface area contributed by atoms with Crippen molar-refractivity contribution in [1.29, 1.82) is 0 Å². The fourth-order valence-corrected chi connectivity index (χ4v) is 1.87. The van der Waals surface area contributed by atoms with Crippen LogP contribution in [0.1, 0.15) is 16.1 Å². The van der Waals surface area contributed by atoms with E-state index in [0.717, 1.165) is 0 Å². The number of furan rings is 1. The Bertz CT molecular complexity index is 574. The lowest BCUT2D eigenvalue weighted by Crippen LogP contribution is -2.26. The third kappa shape index (κ3) is 2.17. The molecule has 1 amide bonds. The van der Waals surface area contributed by atoms with Crippen LogP contribution in [0.15, 0.2) is 22.6 Å². The first kappa shape index (κ1) is 12.4. The van der Waals surface area contributed by atoms with Crippen molar-refractivity contribution in [3.05, 3.63) is 29.5 Å². The van der Waals surface area contributed by atoms with E-state index in [1.54, 1.807) is 32.2 Å². The largest absolute Gasteiger partial charge is 0.497 e. The lowest BCUT2D eigenvalue weighted by Gasteiger charge is -2.03. The smallest absolute Gasteiger partial charge is 0.255 e. The Labute approximate surface area is 104 Å². The Morgan fingerprint density at radius 2 is 2.28 bits per heavy atom. The Hall–Kier alpha value is -2.01. The van der Waals surface area contributed by atoms with Gasteiger partial charge in [-0.25, -0.2) is 0 Å². The molecule has 0 fully saturated rings. The first-order valence-electron chi connectivity index (χ1n) is 5.63. The van der Waals surface area contributed by atoms with E-state index in [9.17, 15) is 4.79 Å². The number of hydrogen-bond donors (Lipinski definition) is 2. The van der Waals surface area contributed by atoms with Gasteiger partial charge in [0.2, 0.25) is 0 Å². The van der Waals surface area contributed by atoms with E-state index in [2.05, 4.69) is 5.32 Å². The molecule has 0 bridgehead atoms. The highest BCUT2D eigenvalue weighted by atomic mass is 16.5. The summed E-state index contributed by atoms with van der Waals surface area (Å²) in [5.41, 5.74) is 1.12. The van der Waals surface area contributed by atoms with Crippen LogP contribution in [-0.4, -0.2) is 31.3 Å². The number of carbonyl (C=O) groups excluding carboxylic acids is 1. The molecule has 5 nitrogen and oxygen atoms in total. The number of aliphatic hydroxyl groups is 1. The van der Waals surface area contributed by atoms with Crippen molar-refractivity contribution in [2.45, 2.75) is 6.92 Å². The normalized spacial score (nSPS) is 10.6. The van der Waals surface area contributed by atoms with Gasteiger partial charge in [0.25, 0.3) is 5.91 Å². The average molecular weight is 249 g/mol. The number of ether oxygens (including phenoxy) is 1. The highest BCUT2D eigenvalue weighted by Gasteiger charge is 2.18. The number of aryl methyl sites for hydroxylation is 1. The fraction of sp³-hybridized carbons (Fsp3) is 0.308. The summed E-state index contributed by atoms with van der Waals surface area (Å²) in [6.45, 7) is 1.86. The van der Waals surface area contributed by atoms with Gasteiger partial charge in [0, 0.05) is 11.9 Å². The Morgan fingerprint density at radius 1 is 1.50 bits per heavy atom. The number of nitrogens with one attached hydrogen (secondary N) is 1. The zero-order valence-corrected chi connectivity index (χ0v) is 10.3. The molecule has 2 aromatic rings. The molecule has 18 heavy (non-hydrogen) atoms. The topological polar surface area (TPSA) is 71.7 Å². The molecule has 0 saturated heterocycles. The molecule has 5 heteroatoms. The molecule has 0 saturated carbocycles. The molecule has 0 radical (unpaired) electrons. The summed E-state index contributed by atoms with van der Waals surface area (Å²) >= 11 is 0. The fourth-order valence-electron chi connectivity index (χ4n) is 1.87. The molecule has 0 aliphatic carbocycles. The summed E-state index contributed by atoms with van der Waals surface area (Å²) in [5.74, 6) is 0.960. The molecule has 2 N–H and O–H groups in total. The van der Waals surface area contributed by atoms with Gasteiger partial charge >= 0.3 is 0 Å². The SMILES string of the molecule is COc1ccc2oc(C)c(C(=O)NCCO)c2c1. The quantitative estimate of drug-likeness (QED) is 0.860. The van der Waals surface area contributed by atoms with Gasteiger partial charge in [0.05, 0.1) is 19.3 Å². The predicted molar refractivity (Wildman–Crippen MR) is 66.9 cm³/mol. The van der Waals surface area contributed by atoms with Crippen LogP contribution in [0.3, 0.4) is 0 Å². The number of methoxy groups -OCH3 is 1. The first-order chi connectivity index (χ1) is 8.67. The van der Waals surface area contributed by atoms with Crippen molar-refractivity contribution < 1.29 is 19.1 Å². The minimum atomic E-state index is -0.256. The van der Waals surface area contributed by atoms with Crippen molar-refractivity contribution in [3.8, 4) is 5.75 Å². The molecule has 2 rings (SSSR count). The summed E-state index contributed by atoms with van der Waals surface area (Å²) in [6.07, 6.45) is 0. The molecule has 0 atom stereocenters. The third-order valence-corrected chi connectivity index (χ3v) is 2.70. The Balaban J connectivity index is 2.47. The van der Waals surface area contributed by atoms with Crippen molar-refractivity contribution in [2.75, 3.05) is 20.3 Å². The van der Waals surface area contributed by atoms with E-state index >= 15 is 0 Å². The van der Waals surface area contributed by atoms with Gasteiger partial charge < -0.3 is 19.6 Å². The number of hydrogen-bond acceptors (Lipinski definition) is 4. The van der Waals surface area contributed by atoms with Gasteiger partial charge in [-0.1, -0.05) is 0 Å². The van der Waals surface area contributed by atoms with E-state index in [1.807, 2.05) is 0 Å². The monoisotopic (exact) mass is 249 g/mol. The van der Waals surface area contributed by atoms with Crippen LogP contribution in [0.2, 0.25) is 0 Å². The number of carbonyl (C=O) groups is 1. The minimum Gasteiger partial charge on any atom is -0.497 e. The summed E-state index contributed by atoms with van der Waals surface area (Å²) in [5, 5.41) is 12.0. The van der Waals surface area contributed by atoms with Crippen LogP contribution in [-0.2, 0) is 0 Å². The van der Waals surface area contributed by atoms with E-state index in [-0.39, 0.29) is 19.1 Å². The second kappa shape index (κ2) is 5.10. The number of aliphatic hydroxyl groups excluding tert-OH is 1. The van der Waals surface area contributed by atoms with Gasteiger partial charge in [-0.15, -0.1) is 0 Å². The molecule has 1 aromatic carbocycles. The lowest BCUT2D eigenvalue weighted by molar-refractivity contribution is 0.0944. The maximum Gasteiger partial charge on any atom is 0.255 e. The van der Waals surface area contributed by atoms with Crippen molar-refractivity contribution in [1.82, 2.24) is 5.32 Å². The molecule has 1 heterocycles. The van der Waals surface area contributed by atoms with Crippen molar-refractivity contribution >= 4 is 16.9 Å². The van der Waals surface area contributed by atoms with E-state index < -0.39 is 0 Å². The highest BCUT2D eigenvalue weighted by Crippen LogP contribution is 2.28. The average Bonchev–Trinajstić information content (AvgIpc) is 2.70. The van der Waals surface area contributed by atoms with E-state index in [4.69, 9.17) is 14.3 Å². The number of rotatable bonds is 4. The maximum atomic E-state index is 12.0. The predicted octanol–water partition coefficient (Wildman–Crippen LogP) is 1.47. The van der Waals surface area contributed by atoms with E-state index in [0.29, 0.717) is 28.0 Å². The second-order valence-electron chi connectivity index (χ2n) is 3.87. The zero-order valence-electron chi connectivity index (χ0n) is 10.3. The molecule has 96 valence electrons.